The van der Waals surface area contributed by atoms with E-state index in [1.807, 2.05) is 24.3 Å². The number of halogens is 1. The summed E-state index contributed by atoms with van der Waals surface area (Å²) < 4.78 is 18.8. The summed E-state index contributed by atoms with van der Waals surface area (Å²) in [5.41, 5.74) is 3.03. The molecule has 0 saturated heterocycles. The molecule has 6 nitrogen and oxygen atoms in total. The molecule has 1 N–H and O–H groups in total. The molecule has 0 fully saturated rings. The van der Waals surface area contributed by atoms with Crippen molar-refractivity contribution in [2.75, 3.05) is 13.7 Å². The van der Waals surface area contributed by atoms with Gasteiger partial charge in [-0.15, -0.1) is 0 Å². The summed E-state index contributed by atoms with van der Waals surface area (Å²) in [6.07, 6.45) is 4.10. The maximum absolute atomic E-state index is 13.4. The van der Waals surface area contributed by atoms with Crippen LogP contribution >= 0.6 is 0 Å². The lowest BCUT2D eigenvalue weighted by molar-refractivity contribution is 0.0721. The van der Waals surface area contributed by atoms with E-state index in [9.17, 15) is 9.18 Å². The van der Waals surface area contributed by atoms with Crippen molar-refractivity contribution in [1.82, 2.24) is 19.9 Å². The van der Waals surface area contributed by atoms with Crippen LogP contribution in [0.15, 0.2) is 49.1 Å². The highest BCUT2D eigenvalue weighted by molar-refractivity contribution is 5.94. The molecule has 0 spiro atoms. The number of ether oxygens (including phenoxy) is 1. The Morgan fingerprint density at radius 1 is 1.35 bits per heavy atom. The van der Waals surface area contributed by atoms with Crippen LogP contribution in [0, 0.1) is 5.82 Å². The van der Waals surface area contributed by atoms with E-state index in [0.717, 1.165) is 28.9 Å². The predicted molar refractivity (Wildman–Crippen MR) is 92.4 cm³/mol. The third-order valence-electron chi connectivity index (χ3n) is 4.57. The van der Waals surface area contributed by atoms with Gasteiger partial charge in [-0.05, 0) is 23.8 Å². The molecule has 1 atom stereocenters. The van der Waals surface area contributed by atoms with Crippen molar-refractivity contribution in [2.24, 2.45) is 0 Å². The summed E-state index contributed by atoms with van der Waals surface area (Å²) in [4.78, 5) is 25.9. The molecule has 0 saturated carbocycles. The molecule has 3 aromatic rings. The molecule has 7 heteroatoms. The van der Waals surface area contributed by atoms with Gasteiger partial charge in [-0.3, -0.25) is 9.78 Å². The van der Waals surface area contributed by atoms with Crippen molar-refractivity contribution in [2.45, 2.75) is 12.5 Å². The lowest BCUT2D eigenvalue weighted by Crippen LogP contribution is -2.38. The summed E-state index contributed by atoms with van der Waals surface area (Å²) in [6.45, 7) is 0.839. The van der Waals surface area contributed by atoms with Gasteiger partial charge in [0.25, 0.3) is 5.91 Å². The van der Waals surface area contributed by atoms with Crippen molar-refractivity contribution in [3.8, 4) is 5.75 Å². The number of benzene rings is 1. The van der Waals surface area contributed by atoms with E-state index in [-0.39, 0.29) is 17.4 Å². The molecule has 0 radical (unpaired) electrons. The van der Waals surface area contributed by atoms with Crippen molar-refractivity contribution >= 4 is 5.91 Å². The van der Waals surface area contributed by atoms with E-state index >= 15 is 0 Å². The molecule has 26 heavy (non-hydrogen) atoms. The van der Waals surface area contributed by atoms with Crippen molar-refractivity contribution in [3.63, 3.8) is 0 Å². The Labute approximate surface area is 149 Å². The first-order valence-electron chi connectivity index (χ1n) is 8.21. The van der Waals surface area contributed by atoms with Crippen LogP contribution in [0.4, 0.5) is 4.39 Å². The topological polar surface area (TPSA) is 71.1 Å². The van der Waals surface area contributed by atoms with Crippen LogP contribution in [-0.4, -0.2) is 39.4 Å². The van der Waals surface area contributed by atoms with E-state index < -0.39 is 5.82 Å². The summed E-state index contributed by atoms with van der Waals surface area (Å²) in [5.74, 6) is -0.132. The van der Waals surface area contributed by atoms with Gasteiger partial charge in [0.2, 0.25) is 0 Å². The zero-order valence-electron chi connectivity index (χ0n) is 14.1. The second-order valence-corrected chi connectivity index (χ2v) is 6.17. The Morgan fingerprint density at radius 2 is 2.23 bits per heavy atom. The molecule has 1 amide bonds. The number of pyridine rings is 1. The molecule has 0 bridgehead atoms. The number of nitrogens with one attached hydrogen (secondary N) is 1. The SMILES string of the molecule is COc1cccc(C2CN(C(=O)c3cncc(F)c3)Cc3[nH]cnc32)c1. The van der Waals surface area contributed by atoms with E-state index in [4.69, 9.17) is 4.74 Å². The largest absolute Gasteiger partial charge is 0.497 e. The van der Waals surface area contributed by atoms with Crippen molar-refractivity contribution in [3.05, 3.63) is 77.4 Å². The number of rotatable bonds is 3. The van der Waals surface area contributed by atoms with Gasteiger partial charge in [0.05, 0.1) is 43.1 Å². The fourth-order valence-electron chi connectivity index (χ4n) is 3.31. The molecule has 2 aromatic heterocycles. The van der Waals surface area contributed by atoms with E-state index in [1.54, 1.807) is 18.3 Å². The zero-order chi connectivity index (χ0) is 18.1. The van der Waals surface area contributed by atoms with Crippen LogP contribution in [0.5, 0.6) is 5.75 Å². The molecule has 1 aromatic carbocycles. The monoisotopic (exact) mass is 352 g/mol. The summed E-state index contributed by atoms with van der Waals surface area (Å²) in [5, 5.41) is 0. The fourth-order valence-corrected chi connectivity index (χ4v) is 3.31. The first-order valence-corrected chi connectivity index (χ1v) is 8.21. The van der Waals surface area contributed by atoms with Gasteiger partial charge in [0, 0.05) is 18.7 Å². The number of hydrogen-bond donors (Lipinski definition) is 1. The number of carbonyl (C=O) groups excluding carboxylic acids is 1. The highest BCUT2D eigenvalue weighted by atomic mass is 19.1. The first-order chi connectivity index (χ1) is 12.7. The van der Waals surface area contributed by atoms with Crippen LogP contribution in [0.2, 0.25) is 0 Å². The molecule has 1 aliphatic heterocycles. The second-order valence-electron chi connectivity index (χ2n) is 6.17. The fraction of sp³-hybridized carbons (Fsp3) is 0.211. The van der Waals surface area contributed by atoms with Gasteiger partial charge in [-0.25, -0.2) is 9.37 Å². The Bertz CT molecular complexity index is 956. The van der Waals surface area contributed by atoms with E-state index in [1.165, 1.54) is 12.3 Å². The van der Waals surface area contributed by atoms with Gasteiger partial charge in [0.15, 0.2) is 0 Å². The normalized spacial score (nSPS) is 16.2. The second kappa shape index (κ2) is 6.59. The predicted octanol–water partition coefficient (Wildman–Crippen LogP) is 2.74. The maximum atomic E-state index is 13.4. The van der Waals surface area contributed by atoms with E-state index in [2.05, 4.69) is 15.0 Å². The summed E-state index contributed by atoms with van der Waals surface area (Å²) in [6, 6.07) is 8.93. The van der Waals surface area contributed by atoms with Gasteiger partial charge in [0.1, 0.15) is 11.6 Å². The number of aromatic nitrogens is 3. The van der Waals surface area contributed by atoms with Crippen LogP contribution in [0.25, 0.3) is 0 Å². The molecule has 1 unspecified atom stereocenters. The number of aromatic amines is 1. The Morgan fingerprint density at radius 3 is 3.04 bits per heavy atom. The molecule has 132 valence electrons. The summed E-state index contributed by atoms with van der Waals surface area (Å²) in [7, 11) is 1.62. The standard InChI is InChI=1S/C19H17FN4O2/c1-26-15-4-2-3-12(6-15)16-9-24(10-17-18(16)23-11-22-17)19(25)13-5-14(20)8-21-7-13/h2-8,11,16H,9-10H2,1H3,(H,22,23). The molecule has 3 heterocycles. The van der Waals surface area contributed by atoms with Crippen molar-refractivity contribution in [1.29, 1.82) is 0 Å². The van der Waals surface area contributed by atoms with Crippen LogP contribution in [0.1, 0.15) is 33.2 Å². The highest BCUT2D eigenvalue weighted by Crippen LogP contribution is 2.33. The molecular weight excluding hydrogens is 335 g/mol. The van der Waals surface area contributed by atoms with Gasteiger partial charge in [-0.2, -0.15) is 0 Å². The number of fused-ring (bicyclic) bond motifs is 1. The number of amides is 1. The van der Waals surface area contributed by atoms with Crippen LogP contribution < -0.4 is 4.74 Å². The minimum absolute atomic E-state index is 0.0921. The Hall–Kier alpha value is -3.22. The van der Waals surface area contributed by atoms with Gasteiger partial charge >= 0.3 is 0 Å². The Kier molecular flexibility index (Phi) is 4.12. The number of imidazole rings is 1. The summed E-state index contributed by atoms with van der Waals surface area (Å²) >= 11 is 0. The lowest BCUT2D eigenvalue weighted by atomic mass is 9.90. The average molecular weight is 352 g/mol. The first kappa shape index (κ1) is 16.3. The maximum Gasteiger partial charge on any atom is 0.255 e. The third-order valence-corrected chi connectivity index (χ3v) is 4.57. The van der Waals surface area contributed by atoms with Gasteiger partial charge in [-0.1, -0.05) is 12.1 Å². The third kappa shape index (κ3) is 2.92. The molecule has 0 aliphatic carbocycles. The van der Waals surface area contributed by atoms with Gasteiger partial charge < -0.3 is 14.6 Å². The number of H-pyrrole nitrogens is 1. The smallest absolute Gasteiger partial charge is 0.255 e. The molecule has 1 aliphatic rings. The number of nitrogens with zero attached hydrogens (tertiary/aromatic N) is 3. The minimum atomic E-state index is -0.528. The van der Waals surface area contributed by atoms with Crippen LogP contribution in [-0.2, 0) is 6.54 Å². The minimum Gasteiger partial charge on any atom is -0.497 e. The Balaban J connectivity index is 1.69. The zero-order valence-corrected chi connectivity index (χ0v) is 14.1. The van der Waals surface area contributed by atoms with Crippen LogP contribution in [0.3, 0.4) is 0 Å². The molecule has 4 rings (SSSR count). The molecular formula is C19H17FN4O2. The number of methoxy groups -OCH3 is 1. The van der Waals surface area contributed by atoms with E-state index in [0.29, 0.717) is 13.1 Å². The quantitative estimate of drug-likeness (QED) is 0.787. The number of carbonyl (C=O) groups is 1. The van der Waals surface area contributed by atoms with Crippen molar-refractivity contribution < 1.29 is 13.9 Å². The average Bonchev–Trinajstić information content (AvgIpc) is 3.15. The number of hydrogen-bond acceptors (Lipinski definition) is 4. The highest BCUT2D eigenvalue weighted by Gasteiger charge is 2.32. The lowest BCUT2D eigenvalue weighted by Gasteiger charge is -2.32.